The molecule has 0 aromatic rings. The molecule has 0 aromatic carbocycles. The standard InChI is InChI=1S/C17H28O4/c1-11-6-9-17(20)15(3,4)8-7-14(19)16(17,5)13(11)10-21-12(2)18/h14,19-20H,6-10H2,1-5H3/t14-,16-,17+/m0/s1. The number of carbonyl (C=O) groups excluding carboxylic acids is 1. The van der Waals surface area contributed by atoms with E-state index in [0.717, 1.165) is 24.0 Å². The Morgan fingerprint density at radius 2 is 1.95 bits per heavy atom. The summed E-state index contributed by atoms with van der Waals surface area (Å²) < 4.78 is 5.21. The molecular formula is C17H28O4. The van der Waals surface area contributed by atoms with Crippen molar-refractivity contribution in [2.45, 2.75) is 72.0 Å². The number of carbonyl (C=O) groups is 1. The first-order valence-electron chi connectivity index (χ1n) is 7.79. The highest BCUT2D eigenvalue weighted by Crippen LogP contribution is 2.61. The van der Waals surface area contributed by atoms with Crippen molar-refractivity contribution < 1.29 is 19.7 Å². The molecule has 0 saturated heterocycles. The Bertz CT molecular complexity index is 479. The second kappa shape index (κ2) is 5.10. The van der Waals surface area contributed by atoms with Gasteiger partial charge in [-0.05, 0) is 43.6 Å². The zero-order valence-corrected chi connectivity index (χ0v) is 13.8. The zero-order valence-electron chi connectivity index (χ0n) is 13.8. The Morgan fingerprint density at radius 1 is 1.33 bits per heavy atom. The smallest absolute Gasteiger partial charge is 0.302 e. The SMILES string of the molecule is CC(=O)OCC1=C(C)CC[C@@]2(O)C(C)(C)CC[C@H](O)[C@]12C. The molecule has 21 heavy (non-hydrogen) atoms. The number of aliphatic hydroxyl groups excluding tert-OH is 1. The first-order chi connectivity index (χ1) is 9.56. The molecule has 120 valence electrons. The fraction of sp³-hybridized carbons (Fsp3) is 0.824. The number of hydrogen-bond donors (Lipinski definition) is 2. The van der Waals surface area contributed by atoms with Crippen LogP contribution in [-0.2, 0) is 9.53 Å². The monoisotopic (exact) mass is 296 g/mol. The van der Waals surface area contributed by atoms with Crippen molar-refractivity contribution in [3.8, 4) is 0 Å². The first kappa shape index (κ1) is 16.5. The lowest BCUT2D eigenvalue weighted by molar-refractivity contribution is -0.220. The summed E-state index contributed by atoms with van der Waals surface area (Å²) in [6.07, 6.45) is 2.25. The van der Waals surface area contributed by atoms with E-state index in [1.165, 1.54) is 6.92 Å². The maximum atomic E-state index is 11.5. The predicted molar refractivity (Wildman–Crippen MR) is 80.6 cm³/mol. The highest BCUT2D eigenvalue weighted by atomic mass is 16.5. The summed E-state index contributed by atoms with van der Waals surface area (Å²) in [6.45, 7) is 9.63. The number of ether oxygens (including phenoxy) is 1. The van der Waals surface area contributed by atoms with Crippen molar-refractivity contribution in [2.75, 3.05) is 6.61 Å². The van der Waals surface area contributed by atoms with Crippen molar-refractivity contribution in [3.05, 3.63) is 11.1 Å². The third kappa shape index (κ3) is 2.23. The van der Waals surface area contributed by atoms with E-state index in [2.05, 4.69) is 13.8 Å². The number of aliphatic hydroxyl groups is 2. The lowest BCUT2D eigenvalue weighted by atomic mass is 9.46. The average molecular weight is 296 g/mol. The molecule has 3 atom stereocenters. The second-order valence-corrected chi connectivity index (χ2v) is 7.54. The van der Waals surface area contributed by atoms with Crippen LogP contribution in [0.15, 0.2) is 11.1 Å². The van der Waals surface area contributed by atoms with E-state index in [1.807, 2.05) is 13.8 Å². The molecule has 0 bridgehead atoms. The van der Waals surface area contributed by atoms with E-state index >= 15 is 0 Å². The molecule has 2 rings (SSSR count). The van der Waals surface area contributed by atoms with Crippen LogP contribution in [0.4, 0.5) is 0 Å². The predicted octanol–water partition coefficient (Wildman–Crippen LogP) is 2.58. The zero-order chi connectivity index (χ0) is 16.1. The summed E-state index contributed by atoms with van der Waals surface area (Å²) >= 11 is 0. The minimum atomic E-state index is -0.980. The number of fused-ring (bicyclic) bond motifs is 1. The third-order valence-corrected chi connectivity index (χ3v) is 6.11. The van der Waals surface area contributed by atoms with Crippen LogP contribution >= 0.6 is 0 Å². The highest BCUT2D eigenvalue weighted by Gasteiger charge is 2.64. The Balaban J connectivity index is 2.51. The van der Waals surface area contributed by atoms with Gasteiger partial charge < -0.3 is 14.9 Å². The fourth-order valence-corrected chi connectivity index (χ4v) is 4.43. The molecule has 0 aliphatic heterocycles. The van der Waals surface area contributed by atoms with Crippen LogP contribution in [0.5, 0.6) is 0 Å². The largest absolute Gasteiger partial charge is 0.461 e. The molecule has 0 aromatic heterocycles. The van der Waals surface area contributed by atoms with Gasteiger partial charge >= 0.3 is 5.97 Å². The summed E-state index contributed by atoms with van der Waals surface area (Å²) in [5, 5.41) is 22.1. The number of esters is 1. The fourth-order valence-electron chi connectivity index (χ4n) is 4.43. The average Bonchev–Trinajstić information content (AvgIpc) is 2.38. The Hall–Kier alpha value is -0.870. The number of allylic oxidation sites excluding steroid dienone is 1. The van der Waals surface area contributed by atoms with Gasteiger partial charge in [0.1, 0.15) is 6.61 Å². The highest BCUT2D eigenvalue weighted by molar-refractivity contribution is 5.66. The summed E-state index contributed by atoms with van der Waals surface area (Å²) in [4.78, 5) is 11.2. The molecule has 4 nitrogen and oxygen atoms in total. The molecule has 1 fully saturated rings. The second-order valence-electron chi connectivity index (χ2n) is 7.54. The van der Waals surface area contributed by atoms with E-state index in [1.54, 1.807) is 0 Å². The van der Waals surface area contributed by atoms with Crippen LogP contribution in [0, 0.1) is 10.8 Å². The van der Waals surface area contributed by atoms with Gasteiger partial charge in [0.25, 0.3) is 0 Å². The van der Waals surface area contributed by atoms with Crippen LogP contribution < -0.4 is 0 Å². The van der Waals surface area contributed by atoms with Crippen molar-refractivity contribution in [1.29, 1.82) is 0 Å². The summed E-state index contributed by atoms with van der Waals surface area (Å²) in [5.41, 5.74) is 0.00872. The molecule has 0 amide bonds. The van der Waals surface area contributed by atoms with Gasteiger partial charge in [0.2, 0.25) is 0 Å². The Kier molecular flexibility index (Phi) is 4.00. The van der Waals surface area contributed by atoms with Gasteiger partial charge in [0.15, 0.2) is 0 Å². The lowest BCUT2D eigenvalue weighted by Gasteiger charge is -2.62. The van der Waals surface area contributed by atoms with Gasteiger partial charge in [-0.3, -0.25) is 4.79 Å². The molecule has 4 heteroatoms. The minimum Gasteiger partial charge on any atom is -0.461 e. The van der Waals surface area contributed by atoms with E-state index in [0.29, 0.717) is 12.8 Å². The van der Waals surface area contributed by atoms with Gasteiger partial charge in [-0.25, -0.2) is 0 Å². The van der Waals surface area contributed by atoms with E-state index in [-0.39, 0.29) is 18.0 Å². The first-order valence-corrected chi connectivity index (χ1v) is 7.79. The van der Waals surface area contributed by atoms with Crippen molar-refractivity contribution in [2.24, 2.45) is 10.8 Å². The normalized spacial score (nSPS) is 38.9. The van der Waals surface area contributed by atoms with E-state index < -0.39 is 17.1 Å². The Labute approximate surface area is 127 Å². The van der Waals surface area contributed by atoms with Crippen molar-refractivity contribution >= 4 is 5.97 Å². The van der Waals surface area contributed by atoms with Crippen molar-refractivity contribution in [3.63, 3.8) is 0 Å². The molecule has 2 N–H and O–H groups in total. The maximum absolute atomic E-state index is 11.5. The van der Waals surface area contributed by atoms with Crippen LogP contribution in [0.1, 0.15) is 60.3 Å². The molecule has 2 aliphatic carbocycles. The third-order valence-electron chi connectivity index (χ3n) is 6.11. The van der Waals surface area contributed by atoms with Gasteiger partial charge in [0.05, 0.1) is 11.7 Å². The minimum absolute atomic E-state index is 0.160. The quantitative estimate of drug-likeness (QED) is 0.607. The molecule has 0 spiro atoms. The van der Waals surface area contributed by atoms with Gasteiger partial charge in [0, 0.05) is 12.3 Å². The van der Waals surface area contributed by atoms with Crippen LogP contribution in [0.3, 0.4) is 0 Å². The lowest BCUT2D eigenvalue weighted by Crippen LogP contribution is -2.66. The van der Waals surface area contributed by atoms with Gasteiger partial charge in [-0.1, -0.05) is 26.3 Å². The van der Waals surface area contributed by atoms with Crippen LogP contribution in [0.2, 0.25) is 0 Å². The molecular weight excluding hydrogens is 268 g/mol. The van der Waals surface area contributed by atoms with Gasteiger partial charge in [-0.15, -0.1) is 0 Å². The molecule has 0 radical (unpaired) electrons. The van der Waals surface area contributed by atoms with Crippen LogP contribution in [-0.4, -0.2) is 34.5 Å². The van der Waals surface area contributed by atoms with E-state index in [4.69, 9.17) is 4.74 Å². The molecule has 1 saturated carbocycles. The van der Waals surface area contributed by atoms with E-state index in [9.17, 15) is 15.0 Å². The van der Waals surface area contributed by atoms with Gasteiger partial charge in [-0.2, -0.15) is 0 Å². The molecule has 2 aliphatic rings. The van der Waals surface area contributed by atoms with Crippen molar-refractivity contribution in [1.82, 2.24) is 0 Å². The molecule has 0 unspecified atom stereocenters. The summed E-state index contributed by atoms with van der Waals surface area (Å²) in [5.74, 6) is -0.336. The summed E-state index contributed by atoms with van der Waals surface area (Å²) in [7, 11) is 0. The Morgan fingerprint density at radius 3 is 2.52 bits per heavy atom. The molecule has 0 heterocycles. The number of rotatable bonds is 2. The topological polar surface area (TPSA) is 66.8 Å². The number of hydrogen-bond acceptors (Lipinski definition) is 4. The maximum Gasteiger partial charge on any atom is 0.302 e. The van der Waals surface area contributed by atoms with Crippen LogP contribution in [0.25, 0.3) is 0 Å². The summed E-state index contributed by atoms with van der Waals surface area (Å²) in [6, 6.07) is 0.